The molecule has 0 amide bonds. The van der Waals surface area contributed by atoms with E-state index >= 15 is 0 Å². The first-order chi connectivity index (χ1) is 9.99. The molecule has 0 saturated heterocycles. The zero-order chi connectivity index (χ0) is 15.4. The van der Waals surface area contributed by atoms with Crippen LogP contribution in [0.5, 0.6) is 0 Å². The third-order valence-corrected chi connectivity index (χ3v) is 3.18. The molecule has 0 aliphatic heterocycles. The molecule has 6 heteroatoms. The van der Waals surface area contributed by atoms with Gasteiger partial charge in [0, 0.05) is 32.4 Å². The van der Waals surface area contributed by atoms with Gasteiger partial charge in [-0.2, -0.15) is 0 Å². The fourth-order valence-corrected chi connectivity index (χ4v) is 2.04. The lowest BCUT2D eigenvalue weighted by Crippen LogP contribution is -2.29. The second-order valence-electron chi connectivity index (χ2n) is 5.15. The van der Waals surface area contributed by atoms with Gasteiger partial charge in [0.1, 0.15) is 5.65 Å². The third kappa shape index (κ3) is 3.61. The lowest BCUT2D eigenvalue weighted by atomic mass is 10.3. The number of hydrogen-bond donors (Lipinski definition) is 1. The molecular formula is C15H20N4O2. The summed E-state index contributed by atoms with van der Waals surface area (Å²) in [5.41, 5.74) is 1.57. The van der Waals surface area contributed by atoms with Crippen molar-refractivity contribution >= 4 is 23.5 Å². The molecule has 0 fully saturated rings. The van der Waals surface area contributed by atoms with E-state index < -0.39 is 5.97 Å². The predicted molar refractivity (Wildman–Crippen MR) is 83.7 cm³/mol. The van der Waals surface area contributed by atoms with Crippen molar-refractivity contribution in [2.24, 2.45) is 0 Å². The predicted octanol–water partition coefficient (Wildman–Crippen LogP) is 1.43. The number of nitrogens with zero attached hydrogens (tertiary/aromatic N) is 4. The van der Waals surface area contributed by atoms with Crippen LogP contribution in [0.15, 0.2) is 30.5 Å². The number of likely N-dealkylation sites (N-methyl/N-ethyl adjacent to an activating group) is 2. The molecule has 1 N–H and O–H groups in total. The molecule has 0 aliphatic rings. The Bertz CT molecular complexity index is 661. The van der Waals surface area contributed by atoms with Crippen LogP contribution in [0.4, 0.5) is 5.82 Å². The van der Waals surface area contributed by atoms with Crippen LogP contribution in [0.25, 0.3) is 11.7 Å². The summed E-state index contributed by atoms with van der Waals surface area (Å²) in [6, 6.07) is 5.72. The highest BCUT2D eigenvalue weighted by Gasteiger charge is 2.13. The molecule has 0 saturated carbocycles. The van der Waals surface area contributed by atoms with Gasteiger partial charge in [-0.15, -0.1) is 0 Å². The highest BCUT2D eigenvalue weighted by atomic mass is 16.4. The molecule has 0 radical (unpaired) electrons. The lowest BCUT2D eigenvalue weighted by Gasteiger charge is -2.20. The van der Waals surface area contributed by atoms with E-state index in [2.05, 4.69) is 9.88 Å². The minimum absolute atomic E-state index is 0.772. The standard InChI is InChI=1S/C15H20N4O2/c1-17(2)10-11-18(3)15-12(7-8-14(20)21)19-9-5-4-6-13(19)16-15/h4-9H,10-11H2,1-3H3,(H,20,21). The van der Waals surface area contributed by atoms with Crippen LogP contribution in [0, 0.1) is 0 Å². The zero-order valence-corrected chi connectivity index (χ0v) is 12.5. The highest BCUT2D eigenvalue weighted by molar-refractivity contribution is 5.86. The Kier molecular flexibility index (Phi) is 4.59. The summed E-state index contributed by atoms with van der Waals surface area (Å²) in [6.45, 7) is 1.71. The summed E-state index contributed by atoms with van der Waals surface area (Å²) in [5, 5.41) is 8.85. The monoisotopic (exact) mass is 288 g/mol. The minimum Gasteiger partial charge on any atom is -0.478 e. The third-order valence-electron chi connectivity index (χ3n) is 3.18. The average Bonchev–Trinajstić information content (AvgIpc) is 2.81. The number of hydrogen-bond acceptors (Lipinski definition) is 4. The van der Waals surface area contributed by atoms with E-state index in [0.29, 0.717) is 0 Å². The van der Waals surface area contributed by atoms with Gasteiger partial charge in [-0.25, -0.2) is 9.78 Å². The number of carbonyl (C=O) groups is 1. The molecule has 0 aromatic carbocycles. The van der Waals surface area contributed by atoms with Crippen molar-refractivity contribution in [3.05, 3.63) is 36.2 Å². The van der Waals surface area contributed by atoms with Crippen molar-refractivity contribution in [1.29, 1.82) is 0 Å². The van der Waals surface area contributed by atoms with Crippen LogP contribution in [0.1, 0.15) is 5.69 Å². The molecule has 2 rings (SSSR count). The molecule has 0 bridgehead atoms. The van der Waals surface area contributed by atoms with Crippen molar-refractivity contribution in [3.63, 3.8) is 0 Å². The number of anilines is 1. The summed E-state index contributed by atoms with van der Waals surface area (Å²) >= 11 is 0. The van der Waals surface area contributed by atoms with Crippen molar-refractivity contribution in [3.8, 4) is 0 Å². The van der Waals surface area contributed by atoms with Crippen LogP contribution in [-0.4, -0.2) is 59.6 Å². The summed E-state index contributed by atoms with van der Waals surface area (Å²) in [7, 11) is 5.99. The Morgan fingerprint density at radius 1 is 1.33 bits per heavy atom. The topological polar surface area (TPSA) is 61.1 Å². The SMILES string of the molecule is CN(C)CCN(C)c1nc2ccccn2c1C=CC(=O)O. The Balaban J connectivity index is 2.41. The summed E-state index contributed by atoms with van der Waals surface area (Å²) < 4.78 is 1.89. The van der Waals surface area contributed by atoms with Crippen LogP contribution >= 0.6 is 0 Å². The normalized spacial score (nSPS) is 11.6. The van der Waals surface area contributed by atoms with Gasteiger partial charge >= 0.3 is 5.97 Å². The van der Waals surface area contributed by atoms with Gasteiger partial charge < -0.3 is 14.9 Å². The molecule has 0 unspecified atom stereocenters. The van der Waals surface area contributed by atoms with E-state index in [1.54, 1.807) is 6.08 Å². The van der Waals surface area contributed by atoms with E-state index in [0.717, 1.165) is 36.3 Å². The molecule has 0 atom stereocenters. The van der Waals surface area contributed by atoms with Gasteiger partial charge in [0.15, 0.2) is 5.82 Å². The molecule has 21 heavy (non-hydrogen) atoms. The number of rotatable bonds is 6. The van der Waals surface area contributed by atoms with Gasteiger partial charge in [-0.3, -0.25) is 4.40 Å². The van der Waals surface area contributed by atoms with E-state index in [1.807, 2.05) is 54.8 Å². The first kappa shape index (κ1) is 15.1. The quantitative estimate of drug-likeness (QED) is 0.815. The first-order valence-electron chi connectivity index (χ1n) is 6.73. The van der Waals surface area contributed by atoms with Gasteiger partial charge in [0.2, 0.25) is 0 Å². The Morgan fingerprint density at radius 3 is 2.76 bits per heavy atom. The number of carboxylic acid groups (broad SMARTS) is 1. The number of carboxylic acids is 1. The Hall–Kier alpha value is -2.34. The van der Waals surface area contributed by atoms with Crippen LogP contribution < -0.4 is 4.90 Å². The molecule has 2 aromatic heterocycles. The zero-order valence-electron chi connectivity index (χ0n) is 12.5. The lowest BCUT2D eigenvalue weighted by molar-refractivity contribution is -0.131. The van der Waals surface area contributed by atoms with Crippen molar-refractivity contribution < 1.29 is 9.90 Å². The van der Waals surface area contributed by atoms with Gasteiger partial charge in [0.25, 0.3) is 0 Å². The average molecular weight is 288 g/mol. The molecule has 112 valence electrons. The van der Waals surface area contributed by atoms with E-state index in [1.165, 1.54) is 0 Å². The molecule has 6 nitrogen and oxygen atoms in total. The van der Waals surface area contributed by atoms with Crippen LogP contribution in [0.2, 0.25) is 0 Å². The molecular weight excluding hydrogens is 268 g/mol. The van der Waals surface area contributed by atoms with Crippen LogP contribution in [0.3, 0.4) is 0 Å². The van der Waals surface area contributed by atoms with Crippen molar-refractivity contribution in [2.75, 3.05) is 39.1 Å². The number of fused-ring (bicyclic) bond motifs is 1. The smallest absolute Gasteiger partial charge is 0.328 e. The molecule has 0 spiro atoms. The van der Waals surface area contributed by atoms with Crippen LogP contribution in [-0.2, 0) is 4.79 Å². The fraction of sp³-hybridized carbons (Fsp3) is 0.333. The fourth-order valence-electron chi connectivity index (χ4n) is 2.04. The first-order valence-corrected chi connectivity index (χ1v) is 6.73. The summed E-state index contributed by atoms with van der Waals surface area (Å²) in [4.78, 5) is 19.5. The number of pyridine rings is 1. The Morgan fingerprint density at radius 2 is 2.10 bits per heavy atom. The van der Waals surface area contributed by atoms with E-state index in [9.17, 15) is 4.79 Å². The maximum Gasteiger partial charge on any atom is 0.328 e. The number of imidazole rings is 1. The summed E-state index contributed by atoms with van der Waals surface area (Å²) in [6.07, 6.45) is 4.61. The number of aliphatic carboxylic acids is 1. The highest BCUT2D eigenvalue weighted by Crippen LogP contribution is 2.22. The maximum atomic E-state index is 10.8. The molecule has 2 heterocycles. The second kappa shape index (κ2) is 6.41. The molecule has 2 aromatic rings. The van der Waals surface area contributed by atoms with Gasteiger partial charge in [0.05, 0.1) is 5.69 Å². The van der Waals surface area contributed by atoms with E-state index in [4.69, 9.17) is 5.11 Å². The largest absolute Gasteiger partial charge is 0.478 e. The maximum absolute atomic E-state index is 10.8. The number of aromatic nitrogens is 2. The van der Waals surface area contributed by atoms with Crippen molar-refractivity contribution in [2.45, 2.75) is 0 Å². The Labute approximate surface area is 123 Å². The van der Waals surface area contributed by atoms with E-state index in [-0.39, 0.29) is 0 Å². The summed E-state index contributed by atoms with van der Waals surface area (Å²) in [5.74, 6) is -0.191. The molecule has 0 aliphatic carbocycles. The minimum atomic E-state index is -0.970. The van der Waals surface area contributed by atoms with Crippen molar-refractivity contribution in [1.82, 2.24) is 14.3 Å². The van der Waals surface area contributed by atoms with Gasteiger partial charge in [-0.1, -0.05) is 6.07 Å². The van der Waals surface area contributed by atoms with Gasteiger partial charge in [-0.05, 0) is 32.3 Å². The second-order valence-corrected chi connectivity index (χ2v) is 5.15.